The molecule has 1 aliphatic heterocycles. The molecule has 0 fully saturated rings. The molecule has 0 spiro atoms. The first kappa shape index (κ1) is 21.3. The van der Waals surface area contributed by atoms with Crippen molar-refractivity contribution in [2.45, 2.75) is 110 Å². The molecular weight excluding hydrogens is 292 g/mol. The van der Waals surface area contributed by atoms with Gasteiger partial charge < -0.3 is 4.90 Å². The highest BCUT2D eigenvalue weighted by Crippen LogP contribution is 2.15. The van der Waals surface area contributed by atoms with E-state index < -0.39 is 0 Å². The summed E-state index contributed by atoms with van der Waals surface area (Å²) < 4.78 is 0. The van der Waals surface area contributed by atoms with Crippen LogP contribution in [0.5, 0.6) is 0 Å². The van der Waals surface area contributed by atoms with E-state index in [1.807, 2.05) is 6.34 Å². The van der Waals surface area contributed by atoms with Crippen molar-refractivity contribution in [1.82, 2.24) is 4.90 Å². The van der Waals surface area contributed by atoms with Gasteiger partial charge in [0.2, 0.25) is 0 Å². The maximum absolute atomic E-state index is 4.31. The third kappa shape index (κ3) is 10.9. The number of allylic oxidation sites excluding steroid dienone is 2. The maximum atomic E-state index is 4.31. The van der Waals surface area contributed by atoms with Gasteiger partial charge in [0.1, 0.15) is 0 Å². The summed E-state index contributed by atoms with van der Waals surface area (Å²) in [5.41, 5.74) is 1.47. The Labute approximate surface area is 151 Å². The maximum Gasteiger partial charge on any atom is 0.0893 e. The molecule has 0 aromatic rings. The largest absolute Gasteiger partial charge is 0.335 e. The molecule has 0 N–H and O–H groups in total. The second kappa shape index (κ2) is 15.7. The van der Waals surface area contributed by atoms with Crippen molar-refractivity contribution in [2.24, 2.45) is 4.99 Å². The van der Waals surface area contributed by atoms with Gasteiger partial charge in [-0.05, 0) is 19.3 Å². The zero-order valence-corrected chi connectivity index (χ0v) is 16.6. The number of hydrogen-bond donors (Lipinski definition) is 0. The molecule has 0 aliphatic carbocycles. The Morgan fingerprint density at radius 3 is 1.83 bits per heavy atom. The first-order chi connectivity index (χ1) is 11.9. The van der Waals surface area contributed by atoms with Crippen LogP contribution in [-0.2, 0) is 0 Å². The van der Waals surface area contributed by atoms with Gasteiger partial charge in [-0.2, -0.15) is 0 Å². The molecule has 0 amide bonds. The molecule has 0 bridgehead atoms. The van der Waals surface area contributed by atoms with Crippen molar-refractivity contribution >= 4 is 6.34 Å². The molecule has 0 aromatic heterocycles. The highest BCUT2D eigenvalue weighted by atomic mass is 15.2. The van der Waals surface area contributed by atoms with Gasteiger partial charge in [0.15, 0.2) is 0 Å². The predicted octanol–water partition coefficient (Wildman–Crippen LogP) is 7.11. The van der Waals surface area contributed by atoms with Crippen molar-refractivity contribution in [1.29, 1.82) is 0 Å². The average Bonchev–Trinajstić information content (AvgIpc) is 3.13. The molecule has 0 saturated heterocycles. The van der Waals surface area contributed by atoms with Crippen LogP contribution in [0.15, 0.2) is 16.8 Å². The van der Waals surface area contributed by atoms with Gasteiger partial charge in [0.05, 0.1) is 12.9 Å². The fraction of sp³-hybridized carbons (Fsp3) is 0.864. The van der Waals surface area contributed by atoms with E-state index >= 15 is 0 Å². The third-order valence-electron chi connectivity index (χ3n) is 5.11. The van der Waals surface area contributed by atoms with Crippen LogP contribution >= 0.6 is 0 Å². The zero-order chi connectivity index (χ0) is 17.3. The fourth-order valence-corrected chi connectivity index (χ4v) is 3.49. The highest BCUT2D eigenvalue weighted by molar-refractivity contribution is 5.60. The first-order valence-corrected chi connectivity index (χ1v) is 10.8. The lowest BCUT2D eigenvalue weighted by molar-refractivity contribution is 0.534. The first-order valence-electron chi connectivity index (χ1n) is 10.8. The minimum Gasteiger partial charge on any atom is -0.335 e. The molecule has 0 radical (unpaired) electrons. The summed E-state index contributed by atoms with van der Waals surface area (Å²) in [5.74, 6) is 0. The summed E-state index contributed by atoms with van der Waals surface area (Å²) in [6.07, 6.45) is 25.5. The number of unbranched alkanes of at least 4 members (excludes halogenated alkanes) is 13. The molecule has 0 saturated carbocycles. The Morgan fingerprint density at radius 2 is 1.38 bits per heavy atom. The van der Waals surface area contributed by atoms with Crippen molar-refractivity contribution in [3.63, 3.8) is 0 Å². The smallest absolute Gasteiger partial charge is 0.0893 e. The van der Waals surface area contributed by atoms with Crippen LogP contribution in [0.4, 0.5) is 0 Å². The second-order valence-electron chi connectivity index (χ2n) is 7.30. The SMILES string of the molecule is CCCCCCCCCCCCCCCC=C(CC)N1C=NCC1. The van der Waals surface area contributed by atoms with E-state index in [2.05, 4.69) is 29.8 Å². The Morgan fingerprint density at radius 1 is 0.833 bits per heavy atom. The lowest BCUT2D eigenvalue weighted by Gasteiger charge is -2.16. The van der Waals surface area contributed by atoms with Gasteiger partial charge in [0.25, 0.3) is 0 Å². The van der Waals surface area contributed by atoms with Crippen LogP contribution in [0.2, 0.25) is 0 Å². The van der Waals surface area contributed by atoms with Crippen LogP contribution in [0.1, 0.15) is 110 Å². The summed E-state index contributed by atoms with van der Waals surface area (Å²) in [7, 11) is 0. The van der Waals surface area contributed by atoms with E-state index in [9.17, 15) is 0 Å². The average molecular weight is 335 g/mol. The van der Waals surface area contributed by atoms with E-state index in [4.69, 9.17) is 0 Å². The molecule has 24 heavy (non-hydrogen) atoms. The molecule has 0 unspecified atom stereocenters. The lowest BCUT2D eigenvalue weighted by atomic mass is 10.0. The summed E-state index contributed by atoms with van der Waals surface area (Å²) in [6.45, 7) is 6.59. The van der Waals surface area contributed by atoms with Gasteiger partial charge in [-0.15, -0.1) is 0 Å². The summed E-state index contributed by atoms with van der Waals surface area (Å²) in [6, 6.07) is 0. The highest BCUT2D eigenvalue weighted by Gasteiger charge is 2.08. The van der Waals surface area contributed by atoms with E-state index in [1.54, 1.807) is 0 Å². The van der Waals surface area contributed by atoms with E-state index in [0.29, 0.717) is 0 Å². The van der Waals surface area contributed by atoms with E-state index in [0.717, 1.165) is 19.5 Å². The van der Waals surface area contributed by atoms with Gasteiger partial charge in [-0.1, -0.05) is 97.0 Å². The zero-order valence-electron chi connectivity index (χ0n) is 16.6. The van der Waals surface area contributed by atoms with E-state index in [-0.39, 0.29) is 0 Å². The predicted molar refractivity (Wildman–Crippen MR) is 109 cm³/mol. The van der Waals surface area contributed by atoms with Crippen LogP contribution in [-0.4, -0.2) is 24.3 Å². The van der Waals surface area contributed by atoms with Crippen molar-refractivity contribution in [2.75, 3.05) is 13.1 Å². The molecule has 1 aliphatic rings. The number of rotatable bonds is 16. The molecule has 1 heterocycles. The summed E-state index contributed by atoms with van der Waals surface area (Å²) >= 11 is 0. The topological polar surface area (TPSA) is 15.6 Å². The van der Waals surface area contributed by atoms with Crippen molar-refractivity contribution < 1.29 is 0 Å². The van der Waals surface area contributed by atoms with Crippen molar-refractivity contribution in [3.8, 4) is 0 Å². The normalized spacial score (nSPS) is 14.8. The Bertz CT molecular complexity index is 333. The fourth-order valence-electron chi connectivity index (χ4n) is 3.49. The third-order valence-corrected chi connectivity index (χ3v) is 5.11. The van der Waals surface area contributed by atoms with Crippen LogP contribution in [0.25, 0.3) is 0 Å². The van der Waals surface area contributed by atoms with Crippen LogP contribution in [0, 0.1) is 0 Å². The second-order valence-corrected chi connectivity index (χ2v) is 7.30. The minimum absolute atomic E-state index is 0.968. The standard InChI is InChI=1S/C22H42N2/c1-3-5-6-7-8-9-10-11-12-13-14-15-16-17-18-22(4-2)24-20-19-23-21-24/h18,21H,3-17,19-20H2,1-2H3. The molecule has 2 nitrogen and oxygen atoms in total. The molecule has 1 rings (SSSR count). The quantitative estimate of drug-likeness (QED) is 0.275. The van der Waals surface area contributed by atoms with Crippen LogP contribution in [0.3, 0.4) is 0 Å². The van der Waals surface area contributed by atoms with E-state index in [1.165, 1.54) is 95.6 Å². The summed E-state index contributed by atoms with van der Waals surface area (Å²) in [5, 5.41) is 0. The van der Waals surface area contributed by atoms with Gasteiger partial charge >= 0.3 is 0 Å². The lowest BCUT2D eigenvalue weighted by Crippen LogP contribution is -2.18. The molecule has 140 valence electrons. The number of aliphatic imine (C=N–C) groups is 1. The minimum atomic E-state index is 0.968. The van der Waals surface area contributed by atoms with Gasteiger partial charge in [0, 0.05) is 12.2 Å². The Kier molecular flexibility index (Phi) is 13.9. The van der Waals surface area contributed by atoms with Crippen LogP contribution < -0.4 is 0 Å². The van der Waals surface area contributed by atoms with Crippen molar-refractivity contribution in [3.05, 3.63) is 11.8 Å². The number of nitrogens with zero attached hydrogens (tertiary/aromatic N) is 2. The number of hydrogen-bond acceptors (Lipinski definition) is 2. The Hall–Kier alpha value is -0.790. The molecule has 0 atom stereocenters. The molecule has 0 aromatic carbocycles. The Balaban J connectivity index is 1.84. The van der Waals surface area contributed by atoms with Gasteiger partial charge in [-0.3, -0.25) is 4.99 Å². The van der Waals surface area contributed by atoms with Gasteiger partial charge in [-0.25, -0.2) is 0 Å². The molecular formula is C22H42N2. The summed E-state index contributed by atoms with van der Waals surface area (Å²) in [4.78, 5) is 6.63. The molecule has 2 heteroatoms. The monoisotopic (exact) mass is 334 g/mol.